The van der Waals surface area contributed by atoms with Crippen molar-refractivity contribution in [3.05, 3.63) is 77.4 Å². The van der Waals surface area contributed by atoms with Crippen molar-refractivity contribution in [2.45, 2.75) is 68.0 Å². The third-order valence-corrected chi connectivity index (χ3v) is 9.67. The SMILES string of the molecule is C=CCN1CC[C@]23c4c5ccc(O)c4O[C@H]2[C@H](N(C)C(=O)C=Cc2cccc(C(F)(F)F)c2)CC[C@@]3(OC(C)=O)[C@H]1C5. The minimum atomic E-state index is -4.49. The smallest absolute Gasteiger partial charge is 0.416 e. The van der Waals surface area contributed by atoms with Crippen LogP contribution >= 0.6 is 0 Å². The summed E-state index contributed by atoms with van der Waals surface area (Å²) in [6, 6.07) is 7.72. The predicted octanol–water partition coefficient (Wildman–Crippen LogP) is 4.86. The molecular formula is C32H33F3N2O5. The van der Waals surface area contributed by atoms with E-state index in [9.17, 15) is 27.9 Å². The number of hydrogen-bond acceptors (Lipinski definition) is 6. The van der Waals surface area contributed by atoms with Crippen LogP contribution in [-0.2, 0) is 32.3 Å². The van der Waals surface area contributed by atoms with Crippen molar-refractivity contribution in [3.63, 3.8) is 0 Å². The average Bonchev–Trinajstić information content (AvgIpc) is 3.29. The number of likely N-dealkylation sites (tertiary alicyclic amines) is 1. The number of carbonyl (C=O) groups excluding carboxylic acids is 2. The van der Waals surface area contributed by atoms with Crippen molar-refractivity contribution in [3.8, 4) is 11.5 Å². The van der Waals surface area contributed by atoms with Crippen molar-refractivity contribution < 1.29 is 37.3 Å². The zero-order chi connectivity index (χ0) is 30.0. The van der Waals surface area contributed by atoms with Gasteiger partial charge in [-0.2, -0.15) is 13.2 Å². The van der Waals surface area contributed by atoms with Gasteiger partial charge in [-0.1, -0.05) is 24.3 Å². The maximum Gasteiger partial charge on any atom is 0.416 e. The van der Waals surface area contributed by atoms with Gasteiger partial charge in [-0.05, 0) is 61.1 Å². The molecule has 1 spiro atoms. The number of likely N-dealkylation sites (N-methyl/N-ethyl adjacent to an activating group) is 1. The summed E-state index contributed by atoms with van der Waals surface area (Å²) in [6.45, 7) is 6.64. The van der Waals surface area contributed by atoms with Crippen LogP contribution in [0.1, 0.15) is 48.4 Å². The first-order chi connectivity index (χ1) is 19.9. The minimum Gasteiger partial charge on any atom is -0.504 e. The summed E-state index contributed by atoms with van der Waals surface area (Å²) >= 11 is 0. The van der Waals surface area contributed by atoms with Crippen LogP contribution in [0.3, 0.4) is 0 Å². The van der Waals surface area contributed by atoms with Crippen LogP contribution in [-0.4, -0.2) is 70.7 Å². The molecule has 1 amide bonds. The highest BCUT2D eigenvalue weighted by atomic mass is 19.4. The standard InChI is InChI=1S/C32H33F3N2O5/c1-4-15-37-16-14-30-27-21-9-10-24(39)28(27)41-29(30)23(12-13-31(30,25(37)18-21)42-19(2)38)36(3)26(40)11-8-20-6-5-7-22(17-20)32(33,34)35/h4-11,17,23,25,29,39H,1,12-16,18H2,2-3H3/t23-,25-,29+,30+,31-/m1/s1. The molecule has 2 aromatic rings. The molecule has 1 saturated heterocycles. The van der Waals surface area contributed by atoms with Crippen LogP contribution in [0.2, 0.25) is 0 Å². The summed E-state index contributed by atoms with van der Waals surface area (Å²) in [4.78, 5) is 30.0. The Morgan fingerprint density at radius 3 is 2.76 bits per heavy atom. The second-order valence-corrected chi connectivity index (χ2v) is 11.7. The number of esters is 1. The number of phenolic OH excluding ortho intramolecular Hbond substituents is 1. The van der Waals surface area contributed by atoms with Crippen molar-refractivity contribution in [2.75, 3.05) is 20.1 Å². The number of ether oxygens (including phenoxy) is 2. The van der Waals surface area contributed by atoms with Crippen molar-refractivity contribution in [1.29, 1.82) is 0 Å². The zero-order valence-electron chi connectivity index (χ0n) is 23.5. The van der Waals surface area contributed by atoms with Gasteiger partial charge in [-0.25, -0.2) is 0 Å². The van der Waals surface area contributed by atoms with Gasteiger partial charge in [0, 0.05) is 38.7 Å². The lowest BCUT2D eigenvalue weighted by atomic mass is 9.48. The third-order valence-electron chi connectivity index (χ3n) is 9.67. The second-order valence-electron chi connectivity index (χ2n) is 11.7. The number of phenols is 1. The summed E-state index contributed by atoms with van der Waals surface area (Å²) in [5, 5.41) is 10.9. The van der Waals surface area contributed by atoms with Gasteiger partial charge < -0.3 is 19.5 Å². The molecule has 2 fully saturated rings. The Balaban J connectivity index is 1.39. The maximum atomic E-state index is 13.5. The highest BCUT2D eigenvalue weighted by molar-refractivity contribution is 5.92. The molecule has 0 aromatic heterocycles. The van der Waals surface area contributed by atoms with E-state index in [2.05, 4.69) is 11.5 Å². The summed E-state index contributed by atoms with van der Waals surface area (Å²) in [7, 11) is 1.65. The summed E-state index contributed by atoms with van der Waals surface area (Å²) in [5.41, 5.74) is -0.401. The summed E-state index contributed by atoms with van der Waals surface area (Å²) < 4.78 is 52.5. The van der Waals surface area contributed by atoms with Crippen molar-refractivity contribution >= 4 is 18.0 Å². The van der Waals surface area contributed by atoms with Gasteiger partial charge in [0.1, 0.15) is 11.7 Å². The Morgan fingerprint density at radius 2 is 2.05 bits per heavy atom. The molecule has 7 nitrogen and oxygen atoms in total. The molecule has 5 atom stereocenters. The average molecular weight is 583 g/mol. The molecule has 10 heteroatoms. The third kappa shape index (κ3) is 4.06. The number of aromatic hydroxyl groups is 1. The van der Waals surface area contributed by atoms with E-state index in [1.165, 1.54) is 31.2 Å². The van der Waals surface area contributed by atoms with Crippen LogP contribution in [0.5, 0.6) is 11.5 Å². The van der Waals surface area contributed by atoms with Crippen LogP contribution in [0.4, 0.5) is 13.2 Å². The Hall–Kier alpha value is -3.79. The number of carbonyl (C=O) groups is 2. The van der Waals surface area contributed by atoms with E-state index >= 15 is 0 Å². The van der Waals surface area contributed by atoms with E-state index in [-0.39, 0.29) is 17.4 Å². The topological polar surface area (TPSA) is 79.3 Å². The molecule has 222 valence electrons. The van der Waals surface area contributed by atoms with Crippen LogP contribution in [0.25, 0.3) is 6.08 Å². The van der Waals surface area contributed by atoms with E-state index in [1.54, 1.807) is 18.0 Å². The quantitative estimate of drug-likeness (QED) is 0.298. The lowest BCUT2D eigenvalue weighted by Gasteiger charge is -2.65. The van der Waals surface area contributed by atoms with Crippen molar-refractivity contribution in [1.82, 2.24) is 9.80 Å². The first-order valence-electron chi connectivity index (χ1n) is 14.1. The Bertz CT molecular complexity index is 1490. The molecule has 0 unspecified atom stereocenters. The van der Waals surface area contributed by atoms with Gasteiger partial charge >= 0.3 is 12.1 Å². The summed E-state index contributed by atoms with van der Waals surface area (Å²) in [6.07, 6.45) is 1.50. The molecule has 1 saturated carbocycles. The molecule has 2 aliphatic carbocycles. The van der Waals surface area contributed by atoms with E-state index in [0.29, 0.717) is 44.5 Å². The molecule has 6 rings (SSSR count). The lowest BCUT2D eigenvalue weighted by molar-refractivity contribution is -0.222. The fraction of sp³-hybridized carbons (Fsp3) is 0.438. The highest BCUT2D eigenvalue weighted by Gasteiger charge is 2.75. The van der Waals surface area contributed by atoms with Crippen LogP contribution < -0.4 is 4.74 Å². The van der Waals surface area contributed by atoms with Gasteiger partial charge in [0.2, 0.25) is 5.91 Å². The Morgan fingerprint density at radius 1 is 1.26 bits per heavy atom. The Kier molecular flexibility index (Phi) is 6.68. The molecule has 2 aromatic carbocycles. The summed E-state index contributed by atoms with van der Waals surface area (Å²) in [5.74, 6) is -0.424. The molecule has 2 heterocycles. The first-order valence-corrected chi connectivity index (χ1v) is 14.1. The highest BCUT2D eigenvalue weighted by Crippen LogP contribution is 2.67. The number of rotatable bonds is 6. The van der Waals surface area contributed by atoms with Crippen LogP contribution in [0, 0.1) is 0 Å². The zero-order valence-corrected chi connectivity index (χ0v) is 23.5. The van der Waals surface area contributed by atoms with E-state index in [0.717, 1.165) is 23.3 Å². The number of hydrogen-bond donors (Lipinski definition) is 1. The normalized spacial score (nSPS) is 29.5. The van der Waals surface area contributed by atoms with Crippen molar-refractivity contribution in [2.24, 2.45) is 0 Å². The van der Waals surface area contributed by atoms with Gasteiger partial charge in [0.05, 0.1) is 23.1 Å². The second kappa shape index (κ2) is 9.90. The minimum absolute atomic E-state index is 0.00149. The first kappa shape index (κ1) is 28.3. The fourth-order valence-electron chi connectivity index (χ4n) is 8.09. The number of alkyl halides is 3. The predicted molar refractivity (Wildman–Crippen MR) is 149 cm³/mol. The maximum absolute atomic E-state index is 13.5. The van der Waals surface area contributed by atoms with E-state index in [1.807, 2.05) is 12.1 Å². The number of piperidine rings is 1. The molecule has 2 bridgehead atoms. The molecular weight excluding hydrogens is 549 g/mol. The number of nitrogens with zero attached hydrogens (tertiary/aromatic N) is 2. The number of benzene rings is 2. The molecule has 2 aliphatic heterocycles. The van der Waals surface area contributed by atoms with Crippen LogP contribution in [0.15, 0.2) is 55.1 Å². The Labute approximate surface area is 242 Å². The van der Waals surface area contributed by atoms with Gasteiger partial charge in [-0.15, -0.1) is 6.58 Å². The largest absolute Gasteiger partial charge is 0.504 e. The van der Waals surface area contributed by atoms with Gasteiger partial charge in [0.15, 0.2) is 11.5 Å². The molecule has 4 aliphatic rings. The fourth-order valence-corrected chi connectivity index (χ4v) is 8.09. The van der Waals surface area contributed by atoms with Gasteiger partial charge in [0.25, 0.3) is 0 Å². The monoisotopic (exact) mass is 582 g/mol. The molecule has 0 radical (unpaired) electrons. The molecule has 42 heavy (non-hydrogen) atoms. The van der Waals surface area contributed by atoms with E-state index in [4.69, 9.17) is 9.47 Å². The lowest BCUT2D eigenvalue weighted by Crippen LogP contribution is -2.79. The van der Waals surface area contributed by atoms with E-state index < -0.39 is 46.8 Å². The van der Waals surface area contributed by atoms with Gasteiger partial charge in [-0.3, -0.25) is 14.5 Å². The number of amides is 1. The number of halogens is 3. The molecule has 1 N–H and O–H groups in total.